The highest BCUT2D eigenvalue weighted by Gasteiger charge is 2.19. The lowest BCUT2D eigenvalue weighted by Gasteiger charge is -2.16. The molecule has 0 atom stereocenters. The lowest BCUT2D eigenvalue weighted by molar-refractivity contribution is 0.102. The van der Waals surface area contributed by atoms with Gasteiger partial charge in [-0.1, -0.05) is 20.8 Å². The predicted molar refractivity (Wildman–Crippen MR) is 90.9 cm³/mol. The van der Waals surface area contributed by atoms with Gasteiger partial charge in [0.2, 0.25) is 0 Å². The zero-order chi connectivity index (χ0) is 17.3. The van der Waals surface area contributed by atoms with E-state index in [0.29, 0.717) is 27.1 Å². The van der Waals surface area contributed by atoms with Crippen LogP contribution in [0.5, 0.6) is 0 Å². The molecule has 3 heterocycles. The van der Waals surface area contributed by atoms with Crippen molar-refractivity contribution in [2.75, 3.05) is 5.32 Å². The van der Waals surface area contributed by atoms with Crippen LogP contribution in [0.25, 0.3) is 10.8 Å². The van der Waals surface area contributed by atoms with Crippen LogP contribution in [0.1, 0.15) is 42.0 Å². The maximum Gasteiger partial charge on any atom is 0.267 e. The summed E-state index contributed by atoms with van der Waals surface area (Å²) in [7, 11) is 0. The first kappa shape index (κ1) is 16.2. The number of anilines is 1. The van der Waals surface area contributed by atoms with Gasteiger partial charge in [0.05, 0.1) is 23.8 Å². The van der Waals surface area contributed by atoms with Crippen molar-refractivity contribution < 1.29 is 4.79 Å². The fourth-order valence-corrected chi connectivity index (χ4v) is 2.89. The van der Waals surface area contributed by atoms with Crippen molar-refractivity contribution in [2.45, 2.75) is 33.1 Å². The quantitative estimate of drug-likeness (QED) is 0.756. The number of carbonyl (C=O) groups is 1. The van der Waals surface area contributed by atoms with Gasteiger partial charge in [-0.25, -0.2) is 19.9 Å². The molecule has 0 radical (unpaired) electrons. The highest BCUT2D eigenvalue weighted by Crippen LogP contribution is 2.26. The summed E-state index contributed by atoms with van der Waals surface area (Å²) >= 11 is 1.25. The van der Waals surface area contributed by atoms with Crippen LogP contribution in [-0.4, -0.2) is 36.0 Å². The van der Waals surface area contributed by atoms with E-state index in [-0.39, 0.29) is 11.3 Å². The zero-order valence-electron chi connectivity index (χ0n) is 13.8. The van der Waals surface area contributed by atoms with Gasteiger partial charge in [-0.2, -0.15) is 5.10 Å². The minimum absolute atomic E-state index is 0.136. The van der Waals surface area contributed by atoms with Crippen molar-refractivity contribution in [2.24, 2.45) is 0 Å². The van der Waals surface area contributed by atoms with Gasteiger partial charge < -0.3 is 5.32 Å². The lowest BCUT2D eigenvalue weighted by Crippen LogP contribution is -2.17. The van der Waals surface area contributed by atoms with Crippen molar-refractivity contribution in [1.29, 1.82) is 0 Å². The summed E-state index contributed by atoms with van der Waals surface area (Å²) in [6.07, 6.45) is 4.62. The first-order chi connectivity index (χ1) is 11.3. The Morgan fingerprint density at radius 1 is 1.21 bits per heavy atom. The number of rotatable bonds is 3. The maximum atomic E-state index is 12.5. The Morgan fingerprint density at radius 2 is 1.92 bits per heavy atom. The fraction of sp³-hybridized carbons (Fsp3) is 0.333. The van der Waals surface area contributed by atoms with E-state index >= 15 is 0 Å². The van der Waals surface area contributed by atoms with E-state index in [2.05, 4.69) is 35.5 Å². The molecule has 0 saturated heterocycles. The van der Waals surface area contributed by atoms with E-state index in [1.165, 1.54) is 17.7 Å². The number of thiazole rings is 1. The second-order valence-electron chi connectivity index (χ2n) is 6.27. The maximum absolute atomic E-state index is 12.5. The van der Waals surface area contributed by atoms with E-state index in [1.54, 1.807) is 19.3 Å². The van der Waals surface area contributed by atoms with Gasteiger partial charge in [-0.3, -0.25) is 9.89 Å². The minimum atomic E-state index is -0.247. The van der Waals surface area contributed by atoms with E-state index in [0.717, 1.165) is 5.82 Å². The van der Waals surface area contributed by atoms with Crippen molar-refractivity contribution >= 4 is 22.9 Å². The number of amides is 1. The van der Waals surface area contributed by atoms with Crippen molar-refractivity contribution in [3.63, 3.8) is 0 Å². The lowest BCUT2D eigenvalue weighted by atomic mass is 9.96. The van der Waals surface area contributed by atoms with Gasteiger partial charge in [0, 0.05) is 5.41 Å². The third-order valence-electron chi connectivity index (χ3n) is 3.20. The van der Waals surface area contributed by atoms with E-state index < -0.39 is 0 Å². The Bertz CT molecular complexity index is 847. The van der Waals surface area contributed by atoms with Crippen molar-refractivity contribution in [3.8, 4) is 10.8 Å². The summed E-state index contributed by atoms with van der Waals surface area (Å²) in [4.78, 5) is 30.0. The molecule has 0 aliphatic heterocycles. The number of carbonyl (C=O) groups excluding carboxylic acids is 1. The standard InChI is InChI=1S/C15H17N7OS/c1-8-10(24-13(20-8)11-18-7-19-22-11)12(23)21-9-5-16-14(17-6-9)15(2,3)4/h5-7H,1-4H3,(H,21,23)(H,18,19,22). The molecule has 8 nitrogen and oxygen atoms in total. The Kier molecular flexibility index (Phi) is 4.10. The van der Waals surface area contributed by atoms with E-state index in [9.17, 15) is 4.79 Å². The van der Waals surface area contributed by atoms with Crippen molar-refractivity contribution in [3.05, 3.63) is 35.1 Å². The second-order valence-corrected chi connectivity index (χ2v) is 7.27. The Labute approximate surface area is 142 Å². The van der Waals surface area contributed by atoms with Crippen LogP contribution in [0.4, 0.5) is 5.69 Å². The summed E-state index contributed by atoms with van der Waals surface area (Å²) in [5.74, 6) is 1.02. The van der Waals surface area contributed by atoms with Crippen LogP contribution < -0.4 is 5.32 Å². The molecular weight excluding hydrogens is 326 g/mol. The molecular formula is C15H17N7OS. The Morgan fingerprint density at radius 3 is 2.50 bits per heavy atom. The molecule has 9 heteroatoms. The molecule has 0 fully saturated rings. The molecule has 2 N–H and O–H groups in total. The molecule has 0 saturated carbocycles. The number of hydrogen-bond acceptors (Lipinski definition) is 7. The largest absolute Gasteiger partial charge is 0.319 e. The normalized spacial score (nSPS) is 11.5. The number of aromatic nitrogens is 6. The number of nitrogens with one attached hydrogen (secondary N) is 2. The van der Waals surface area contributed by atoms with Gasteiger partial charge in [-0.05, 0) is 6.92 Å². The molecule has 0 aliphatic carbocycles. The molecule has 24 heavy (non-hydrogen) atoms. The number of H-pyrrole nitrogens is 1. The van der Waals surface area contributed by atoms with Gasteiger partial charge in [-0.15, -0.1) is 11.3 Å². The predicted octanol–water partition coefficient (Wildman–Crippen LogP) is 2.58. The second kappa shape index (κ2) is 6.08. The summed E-state index contributed by atoms with van der Waals surface area (Å²) < 4.78 is 0. The molecule has 3 rings (SSSR count). The third kappa shape index (κ3) is 3.30. The fourth-order valence-electron chi connectivity index (χ4n) is 1.98. The summed E-state index contributed by atoms with van der Waals surface area (Å²) in [5.41, 5.74) is 1.04. The molecule has 0 unspecified atom stereocenters. The van der Waals surface area contributed by atoms with Crippen LogP contribution in [0.2, 0.25) is 0 Å². The number of hydrogen-bond donors (Lipinski definition) is 2. The molecule has 0 aromatic carbocycles. The van der Waals surface area contributed by atoms with Gasteiger partial charge in [0.15, 0.2) is 10.8 Å². The number of aryl methyl sites for hydroxylation is 1. The van der Waals surface area contributed by atoms with Gasteiger partial charge in [0.25, 0.3) is 5.91 Å². The molecule has 0 bridgehead atoms. The molecule has 3 aromatic rings. The van der Waals surface area contributed by atoms with E-state index in [4.69, 9.17) is 0 Å². The minimum Gasteiger partial charge on any atom is -0.319 e. The van der Waals surface area contributed by atoms with Gasteiger partial charge in [0.1, 0.15) is 17.0 Å². The molecule has 124 valence electrons. The number of nitrogens with zero attached hydrogens (tertiary/aromatic N) is 5. The highest BCUT2D eigenvalue weighted by molar-refractivity contribution is 7.17. The third-order valence-corrected chi connectivity index (χ3v) is 4.36. The average molecular weight is 343 g/mol. The average Bonchev–Trinajstić information content (AvgIpc) is 3.16. The Balaban J connectivity index is 1.78. The van der Waals surface area contributed by atoms with Crippen molar-refractivity contribution in [1.82, 2.24) is 30.1 Å². The summed E-state index contributed by atoms with van der Waals surface area (Å²) in [6.45, 7) is 7.88. The topological polar surface area (TPSA) is 109 Å². The van der Waals surface area contributed by atoms with Crippen LogP contribution in [0.3, 0.4) is 0 Å². The number of aromatic amines is 1. The van der Waals surface area contributed by atoms with Gasteiger partial charge >= 0.3 is 0 Å². The first-order valence-electron chi connectivity index (χ1n) is 7.31. The highest BCUT2D eigenvalue weighted by atomic mass is 32.1. The SMILES string of the molecule is Cc1nc(-c2ncn[nH]2)sc1C(=O)Nc1cnc(C(C)(C)C)nc1. The molecule has 1 amide bonds. The molecule has 0 spiro atoms. The van der Waals surface area contributed by atoms with Crippen LogP contribution in [0.15, 0.2) is 18.7 Å². The van der Waals surface area contributed by atoms with Crippen LogP contribution in [0, 0.1) is 6.92 Å². The summed E-state index contributed by atoms with van der Waals surface area (Å²) in [5, 5.41) is 9.95. The Hall–Kier alpha value is -2.68. The monoisotopic (exact) mass is 343 g/mol. The van der Waals surface area contributed by atoms with Crippen LogP contribution >= 0.6 is 11.3 Å². The first-order valence-corrected chi connectivity index (χ1v) is 8.13. The smallest absolute Gasteiger partial charge is 0.267 e. The molecule has 3 aromatic heterocycles. The van der Waals surface area contributed by atoms with Crippen LogP contribution in [-0.2, 0) is 5.41 Å². The van der Waals surface area contributed by atoms with E-state index in [1.807, 2.05) is 20.8 Å². The zero-order valence-corrected chi connectivity index (χ0v) is 14.6. The summed E-state index contributed by atoms with van der Waals surface area (Å²) in [6, 6.07) is 0. The molecule has 0 aliphatic rings.